The Bertz CT molecular complexity index is 362. The predicted octanol–water partition coefficient (Wildman–Crippen LogP) is 2.22. The number of ether oxygens (including phenoxy) is 2. The fraction of sp³-hybridized carbons (Fsp3) is 0.765. The lowest BCUT2D eigenvalue weighted by Crippen LogP contribution is -2.18. The Morgan fingerprint density at radius 2 is 1.42 bits per heavy atom. The lowest BCUT2D eigenvalue weighted by Gasteiger charge is -2.01. The molecule has 0 aliphatic heterocycles. The number of hydrogen-bond acceptors (Lipinski definition) is 7. The highest BCUT2D eigenvalue weighted by molar-refractivity contribution is 6.32. The van der Waals surface area contributed by atoms with E-state index in [-0.39, 0.29) is 6.61 Å². The number of rotatable bonds is 8. The summed E-state index contributed by atoms with van der Waals surface area (Å²) in [4.78, 5) is 40.8. The highest BCUT2D eigenvalue weighted by atomic mass is 16.5. The summed E-state index contributed by atoms with van der Waals surface area (Å²) in [6.07, 6.45) is 3.25. The second kappa shape index (κ2) is 19.3. The van der Waals surface area contributed by atoms with Gasteiger partial charge in [0.25, 0.3) is 0 Å². The predicted molar refractivity (Wildman–Crippen MR) is 90.5 cm³/mol. The van der Waals surface area contributed by atoms with E-state index in [1.54, 1.807) is 20.8 Å². The van der Waals surface area contributed by atoms with Crippen LogP contribution >= 0.6 is 0 Å². The highest BCUT2D eigenvalue weighted by Gasteiger charge is 2.07. The standard InChI is InChI=1S/C7H14O.C5H10O3.C5H8O3/c1-3-4-5-6-7(2)8;2*1-3-8-5(7)4(2)6/h3-6H2,1-2H3;4,6H,3H2,1-2H3;3H2,1-2H3. The molecule has 7 nitrogen and oxygen atoms in total. The zero-order chi connectivity index (χ0) is 19.5. The van der Waals surface area contributed by atoms with Crippen molar-refractivity contribution < 1.29 is 33.8 Å². The van der Waals surface area contributed by atoms with Gasteiger partial charge < -0.3 is 19.4 Å². The second-order valence-corrected chi connectivity index (χ2v) is 4.86. The van der Waals surface area contributed by atoms with Gasteiger partial charge in [-0.2, -0.15) is 0 Å². The Labute approximate surface area is 144 Å². The summed E-state index contributed by atoms with van der Waals surface area (Å²) >= 11 is 0. The van der Waals surface area contributed by atoms with Gasteiger partial charge in [-0.05, 0) is 34.1 Å². The lowest BCUT2D eigenvalue weighted by atomic mass is 10.2. The maximum atomic E-state index is 10.3. The maximum absolute atomic E-state index is 10.3. The minimum Gasteiger partial charge on any atom is -0.464 e. The summed E-state index contributed by atoms with van der Waals surface area (Å²) in [6.45, 7) is 10.3. The Hall–Kier alpha value is -1.76. The van der Waals surface area contributed by atoms with Gasteiger partial charge in [0, 0.05) is 13.3 Å². The molecule has 0 rings (SSSR count). The van der Waals surface area contributed by atoms with Crippen LogP contribution in [0, 0.1) is 0 Å². The van der Waals surface area contributed by atoms with Crippen molar-refractivity contribution in [2.24, 2.45) is 0 Å². The first-order chi connectivity index (χ1) is 11.1. The Morgan fingerprint density at radius 1 is 0.917 bits per heavy atom. The van der Waals surface area contributed by atoms with Crippen LogP contribution in [-0.4, -0.2) is 47.9 Å². The van der Waals surface area contributed by atoms with Crippen molar-refractivity contribution in [1.29, 1.82) is 0 Å². The molecule has 1 N–H and O–H groups in total. The van der Waals surface area contributed by atoms with Crippen LogP contribution in [-0.2, 0) is 28.7 Å². The lowest BCUT2D eigenvalue weighted by molar-refractivity contribution is -0.152. The van der Waals surface area contributed by atoms with Crippen molar-refractivity contribution in [2.75, 3.05) is 13.2 Å². The quantitative estimate of drug-likeness (QED) is 0.407. The molecule has 0 amide bonds. The third-order valence-electron chi connectivity index (χ3n) is 2.32. The minimum atomic E-state index is -0.991. The molecule has 0 aromatic rings. The van der Waals surface area contributed by atoms with Gasteiger partial charge in [0.15, 0.2) is 0 Å². The van der Waals surface area contributed by atoms with Crippen molar-refractivity contribution in [2.45, 2.75) is 73.3 Å². The number of ketones is 2. The third-order valence-corrected chi connectivity index (χ3v) is 2.32. The van der Waals surface area contributed by atoms with Gasteiger partial charge >= 0.3 is 11.9 Å². The van der Waals surface area contributed by atoms with E-state index in [1.165, 1.54) is 26.7 Å². The Balaban J connectivity index is -0.000000276. The molecule has 24 heavy (non-hydrogen) atoms. The van der Waals surface area contributed by atoms with Gasteiger partial charge in [0.1, 0.15) is 11.9 Å². The summed E-state index contributed by atoms with van der Waals surface area (Å²) in [5.74, 6) is -1.55. The third kappa shape index (κ3) is 25.2. The van der Waals surface area contributed by atoms with E-state index in [4.69, 9.17) is 5.11 Å². The summed E-state index contributed by atoms with van der Waals surface area (Å²) < 4.78 is 8.73. The number of esters is 2. The molecular formula is C17H32O7. The molecule has 0 aromatic heterocycles. The van der Waals surface area contributed by atoms with Crippen LogP contribution in [0.1, 0.15) is 67.2 Å². The molecule has 0 spiro atoms. The Kier molecular flexibility index (Phi) is 21.8. The molecule has 1 atom stereocenters. The molecule has 1 unspecified atom stereocenters. The Morgan fingerprint density at radius 3 is 1.62 bits per heavy atom. The van der Waals surface area contributed by atoms with E-state index < -0.39 is 23.8 Å². The molecule has 142 valence electrons. The number of hydrogen-bond donors (Lipinski definition) is 1. The molecule has 0 saturated heterocycles. The van der Waals surface area contributed by atoms with Gasteiger partial charge in [0.2, 0.25) is 5.78 Å². The molecule has 0 radical (unpaired) electrons. The number of Topliss-reactive ketones (excluding diaryl/α,β-unsaturated/α-hetero) is 2. The molecule has 0 aliphatic rings. The van der Waals surface area contributed by atoms with E-state index in [0.29, 0.717) is 12.4 Å². The number of aliphatic hydroxyl groups is 1. The smallest absolute Gasteiger partial charge is 0.374 e. The van der Waals surface area contributed by atoms with Crippen LogP contribution in [0.2, 0.25) is 0 Å². The first kappa shape index (κ1) is 27.1. The van der Waals surface area contributed by atoms with Crippen molar-refractivity contribution in [3.05, 3.63) is 0 Å². The van der Waals surface area contributed by atoms with E-state index in [0.717, 1.165) is 12.8 Å². The van der Waals surface area contributed by atoms with Gasteiger partial charge in [-0.1, -0.05) is 19.8 Å². The molecular weight excluding hydrogens is 316 g/mol. The van der Waals surface area contributed by atoms with Gasteiger partial charge in [0.05, 0.1) is 13.2 Å². The van der Waals surface area contributed by atoms with Gasteiger partial charge in [-0.15, -0.1) is 0 Å². The van der Waals surface area contributed by atoms with Gasteiger partial charge in [-0.25, -0.2) is 9.59 Å². The van der Waals surface area contributed by atoms with Crippen LogP contribution < -0.4 is 0 Å². The average Bonchev–Trinajstić information content (AvgIpc) is 2.49. The largest absolute Gasteiger partial charge is 0.464 e. The summed E-state index contributed by atoms with van der Waals surface area (Å²) in [6, 6.07) is 0. The molecule has 0 heterocycles. The molecule has 0 aliphatic carbocycles. The topological polar surface area (TPSA) is 107 Å². The van der Waals surface area contributed by atoms with Crippen LogP contribution in [0.15, 0.2) is 0 Å². The van der Waals surface area contributed by atoms with E-state index >= 15 is 0 Å². The minimum absolute atomic E-state index is 0.262. The molecule has 0 fully saturated rings. The van der Waals surface area contributed by atoms with Crippen LogP contribution in [0.25, 0.3) is 0 Å². The monoisotopic (exact) mass is 348 g/mol. The molecule has 0 aromatic carbocycles. The summed E-state index contributed by atoms with van der Waals surface area (Å²) in [7, 11) is 0. The number of aliphatic hydroxyl groups excluding tert-OH is 1. The molecule has 0 saturated carbocycles. The van der Waals surface area contributed by atoms with Crippen LogP contribution in [0.3, 0.4) is 0 Å². The highest BCUT2D eigenvalue weighted by Crippen LogP contribution is 1.98. The van der Waals surface area contributed by atoms with E-state index in [9.17, 15) is 19.2 Å². The number of carbonyl (C=O) groups is 4. The van der Waals surface area contributed by atoms with E-state index in [2.05, 4.69) is 16.4 Å². The second-order valence-electron chi connectivity index (χ2n) is 4.86. The molecule has 7 heteroatoms. The van der Waals surface area contributed by atoms with Crippen molar-refractivity contribution in [3.8, 4) is 0 Å². The van der Waals surface area contributed by atoms with Crippen LogP contribution in [0.4, 0.5) is 0 Å². The van der Waals surface area contributed by atoms with Crippen molar-refractivity contribution in [3.63, 3.8) is 0 Å². The van der Waals surface area contributed by atoms with E-state index in [1.807, 2.05) is 0 Å². The van der Waals surface area contributed by atoms with Crippen molar-refractivity contribution in [1.82, 2.24) is 0 Å². The first-order valence-electron chi connectivity index (χ1n) is 8.15. The number of unbranched alkanes of at least 4 members (excludes halogenated alkanes) is 2. The molecule has 0 bridgehead atoms. The maximum Gasteiger partial charge on any atom is 0.374 e. The van der Waals surface area contributed by atoms with Crippen LogP contribution in [0.5, 0.6) is 0 Å². The fourth-order valence-corrected chi connectivity index (χ4v) is 1.12. The zero-order valence-electron chi connectivity index (χ0n) is 15.7. The summed E-state index contributed by atoms with van der Waals surface area (Å²) in [5, 5.41) is 8.48. The average molecular weight is 348 g/mol. The summed E-state index contributed by atoms with van der Waals surface area (Å²) in [5.41, 5.74) is 0. The first-order valence-corrected chi connectivity index (χ1v) is 8.15. The SMILES string of the molecule is CCCCCC(C)=O.CCOC(=O)C(C)=O.CCOC(=O)C(C)O. The van der Waals surface area contributed by atoms with Crippen molar-refractivity contribution >= 4 is 23.5 Å². The van der Waals surface area contributed by atoms with Gasteiger partial charge in [-0.3, -0.25) is 4.79 Å². The normalized spacial score (nSPS) is 10.1. The fourth-order valence-electron chi connectivity index (χ4n) is 1.12. The number of carbonyl (C=O) groups excluding carboxylic acids is 4. The zero-order valence-corrected chi connectivity index (χ0v) is 15.7.